The van der Waals surface area contributed by atoms with Gasteiger partial charge in [-0.05, 0) is 29.7 Å². The van der Waals surface area contributed by atoms with E-state index in [1.54, 1.807) is 0 Å². The number of hydrogen-bond donors (Lipinski definition) is 0. The number of hydrogen-bond acceptors (Lipinski definition) is 0. The van der Waals surface area contributed by atoms with Gasteiger partial charge in [-0.1, -0.05) is 29.8 Å². The lowest BCUT2D eigenvalue weighted by Gasteiger charge is -2.00. The largest absolute Gasteiger partial charge is 0.126 e. The van der Waals surface area contributed by atoms with E-state index in [0.717, 1.165) is 22.6 Å². The van der Waals surface area contributed by atoms with Crippen LogP contribution in [0.2, 0.25) is 5.02 Å². The summed E-state index contributed by atoms with van der Waals surface area (Å²) in [5.74, 6) is 1.09. The summed E-state index contributed by atoms with van der Waals surface area (Å²) in [6.45, 7) is 0. The van der Waals surface area contributed by atoms with E-state index in [1.807, 2.05) is 30.4 Å². The molecule has 3 heteroatoms. The van der Waals surface area contributed by atoms with Gasteiger partial charge in [0, 0.05) is 16.8 Å². The van der Waals surface area contributed by atoms with Crippen LogP contribution in [0.4, 0.5) is 0 Å². The lowest BCUT2D eigenvalue weighted by atomic mass is 10.1. The van der Waals surface area contributed by atoms with Crippen molar-refractivity contribution in [1.29, 1.82) is 0 Å². The Kier molecular flexibility index (Phi) is 5.39. The summed E-state index contributed by atoms with van der Waals surface area (Å²) in [7, 11) is 0. The van der Waals surface area contributed by atoms with Gasteiger partial charge in [0.25, 0.3) is 0 Å². The molecule has 0 N–H and O–H groups in total. The summed E-state index contributed by atoms with van der Waals surface area (Å²) in [6, 6.07) is 5.81. The maximum Gasteiger partial charge on any atom is 0.0489 e. The molecule has 0 aliphatic rings. The van der Waals surface area contributed by atoms with Crippen molar-refractivity contribution in [3.8, 4) is 0 Å². The Labute approximate surface area is 99.5 Å². The third kappa shape index (κ3) is 3.53. The van der Waals surface area contributed by atoms with Crippen LogP contribution in [0.15, 0.2) is 24.3 Å². The molecule has 0 saturated carbocycles. The van der Waals surface area contributed by atoms with Gasteiger partial charge in [-0.3, -0.25) is 0 Å². The van der Waals surface area contributed by atoms with E-state index in [4.69, 9.17) is 34.8 Å². The Morgan fingerprint density at radius 3 is 2.64 bits per heavy atom. The average Bonchev–Trinajstić information content (AvgIpc) is 2.21. The van der Waals surface area contributed by atoms with Crippen LogP contribution < -0.4 is 0 Å². The highest BCUT2D eigenvalue weighted by atomic mass is 35.5. The lowest BCUT2D eigenvalue weighted by Crippen LogP contribution is -1.82. The average molecular weight is 250 g/mol. The van der Waals surface area contributed by atoms with Gasteiger partial charge in [0.05, 0.1) is 0 Å². The second-order valence-corrected chi connectivity index (χ2v) is 3.92. The predicted molar refractivity (Wildman–Crippen MR) is 65.4 cm³/mol. The minimum atomic E-state index is 0.440. The second kappa shape index (κ2) is 6.34. The summed E-state index contributed by atoms with van der Waals surface area (Å²) >= 11 is 17.2. The Balaban J connectivity index is 2.79. The van der Waals surface area contributed by atoms with E-state index in [9.17, 15) is 0 Å². The molecule has 0 saturated heterocycles. The van der Waals surface area contributed by atoms with Crippen LogP contribution in [-0.2, 0) is 5.88 Å². The van der Waals surface area contributed by atoms with Gasteiger partial charge in [-0.2, -0.15) is 0 Å². The van der Waals surface area contributed by atoms with Crippen molar-refractivity contribution in [3.05, 3.63) is 40.4 Å². The van der Waals surface area contributed by atoms with Gasteiger partial charge < -0.3 is 0 Å². The summed E-state index contributed by atoms with van der Waals surface area (Å²) in [5.41, 5.74) is 2.07. The standard InChI is InChI=1S/C11H11Cl3/c12-6-2-1-3-9-4-5-11(14)10(7-9)8-13/h1,3-5,7H,2,6,8H2. The fourth-order valence-corrected chi connectivity index (χ4v) is 1.68. The summed E-state index contributed by atoms with van der Waals surface area (Å²) in [6.07, 6.45) is 4.93. The highest BCUT2D eigenvalue weighted by molar-refractivity contribution is 6.32. The number of rotatable bonds is 4. The molecule has 76 valence electrons. The molecule has 0 heterocycles. The molecule has 0 spiro atoms. The van der Waals surface area contributed by atoms with Crippen LogP contribution in [0.1, 0.15) is 17.5 Å². The summed E-state index contributed by atoms with van der Waals surface area (Å²) in [4.78, 5) is 0. The smallest absolute Gasteiger partial charge is 0.0489 e. The first kappa shape index (κ1) is 11.9. The Morgan fingerprint density at radius 2 is 2.00 bits per heavy atom. The van der Waals surface area contributed by atoms with Crippen molar-refractivity contribution in [1.82, 2.24) is 0 Å². The van der Waals surface area contributed by atoms with Crippen LogP contribution in [0.3, 0.4) is 0 Å². The Bertz CT molecular complexity index is 318. The SMILES string of the molecule is ClCCC=Cc1ccc(Cl)c(CCl)c1. The summed E-state index contributed by atoms with van der Waals surface area (Å²) in [5, 5.41) is 0.717. The van der Waals surface area contributed by atoms with E-state index in [-0.39, 0.29) is 0 Å². The maximum absolute atomic E-state index is 5.93. The van der Waals surface area contributed by atoms with Gasteiger partial charge in [0.15, 0.2) is 0 Å². The zero-order chi connectivity index (χ0) is 10.4. The molecule has 0 aliphatic heterocycles. The first-order valence-corrected chi connectivity index (χ1v) is 5.79. The van der Waals surface area contributed by atoms with Crippen molar-refractivity contribution in [2.75, 3.05) is 5.88 Å². The van der Waals surface area contributed by atoms with Gasteiger partial charge in [-0.15, -0.1) is 23.2 Å². The van der Waals surface area contributed by atoms with Gasteiger partial charge >= 0.3 is 0 Å². The van der Waals surface area contributed by atoms with Crippen LogP contribution in [0, 0.1) is 0 Å². The van der Waals surface area contributed by atoms with Crippen molar-refractivity contribution in [3.63, 3.8) is 0 Å². The molecule has 0 aliphatic carbocycles. The van der Waals surface area contributed by atoms with E-state index >= 15 is 0 Å². The number of halogens is 3. The normalized spacial score (nSPS) is 11.1. The second-order valence-electron chi connectivity index (χ2n) is 2.86. The minimum Gasteiger partial charge on any atom is -0.126 e. The number of benzene rings is 1. The molecule has 0 bridgehead atoms. The first-order chi connectivity index (χ1) is 6.77. The zero-order valence-corrected chi connectivity index (χ0v) is 9.91. The maximum atomic E-state index is 5.93. The summed E-state index contributed by atoms with van der Waals surface area (Å²) < 4.78 is 0. The minimum absolute atomic E-state index is 0.440. The third-order valence-corrected chi connectivity index (χ3v) is 2.67. The molecule has 14 heavy (non-hydrogen) atoms. The molecule has 0 amide bonds. The van der Waals surface area contributed by atoms with Gasteiger partial charge in [0.1, 0.15) is 0 Å². The number of allylic oxidation sites excluding steroid dienone is 1. The lowest BCUT2D eigenvalue weighted by molar-refractivity contribution is 1.24. The molecule has 0 nitrogen and oxygen atoms in total. The molecule has 0 fully saturated rings. The van der Waals surface area contributed by atoms with E-state index in [2.05, 4.69) is 0 Å². The van der Waals surface area contributed by atoms with Crippen LogP contribution in [-0.4, -0.2) is 5.88 Å². The van der Waals surface area contributed by atoms with Gasteiger partial charge in [-0.25, -0.2) is 0 Å². The molecule has 1 rings (SSSR count). The molecular weight excluding hydrogens is 238 g/mol. The van der Waals surface area contributed by atoms with Crippen LogP contribution in [0.5, 0.6) is 0 Å². The highest BCUT2D eigenvalue weighted by Gasteiger charge is 1.98. The Hall–Kier alpha value is -0.170. The molecule has 0 aromatic heterocycles. The van der Waals surface area contributed by atoms with Crippen molar-refractivity contribution >= 4 is 40.9 Å². The van der Waals surface area contributed by atoms with Crippen molar-refractivity contribution in [2.24, 2.45) is 0 Å². The topological polar surface area (TPSA) is 0 Å². The number of alkyl halides is 2. The zero-order valence-electron chi connectivity index (χ0n) is 7.64. The molecule has 0 radical (unpaired) electrons. The predicted octanol–water partition coefficient (Wildman–Crippen LogP) is 4.72. The Morgan fingerprint density at radius 1 is 1.21 bits per heavy atom. The quantitative estimate of drug-likeness (QED) is 0.677. The van der Waals surface area contributed by atoms with E-state index in [1.165, 1.54) is 0 Å². The molecule has 1 aromatic carbocycles. The van der Waals surface area contributed by atoms with Crippen molar-refractivity contribution < 1.29 is 0 Å². The van der Waals surface area contributed by atoms with Crippen LogP contribution in [0.25, 0.3) is 6.08 Å². The first-order valence-electron chi connectivity index (χ1n) is 4.35. The van der Waals surface area contributed by atoms with Crippen molar-refractivity contribution in [2.45, 2.75) is 12.3 Å². The monoisotopic (exact) mass is 248 g/mol. The third-order valence-electron chi connectivity index (χ3n) is 1.80. The fourth-order valence-electron chi connectivity index (χ4n) is 1.08. The molecule has 1 aromatic rings. The van der Waals surface area contributed by atoms with Crippen LogP contribution >= 0.6 is 34.8 Å². The molecular formula is C11H11Cl3. The fraction of sp³-hybridized carbons (Fsp3) is 0.273. The van der Waals surface area contributed by atoms with Gasteiger partial charge in [0.2, 0.25) is 0 Å². The van der Waals surface area contributed by atoms with E-state index < -0.39 is 0 Å². The molecule has 0 unspecified atom stereocenters. The highest BCUT2D eigenvalue weighted by Crippen LogP contribution is 2.20. The van der Waals surface area contributed by atoms with E-state index in [0.29, 0.717) is 11.8 Å². The molecule has 0 atom stereocenters.